The fourth-order valence-corrected chi connectivity index (χ4v) is 0.177. The van der Waals surface area contributed by atoms with Crippen molar-refractivity contribution >= 4 is 12.3 Å². The van der Waals surface area contributed by atoms with Gasteiger partial charge in [0, 0.05) is 12.4 Å². The maximum Gasteiger partial charge on any atom is 1.00 e. The summed E-state index contributed by atoms with van der Waals surface area (Å²) in [6, 6.07) is 0. The zero-order valence-electron chi connectivity index (χ0n) is 4.72. The van der Waals surface area contributed by atoms with Crippen LogP contribution in [0, 0.1) is 0 Å². The number of carboxylic acids is 1. The van der Waals surface area contributed by atoms with Crippen LogP contribution in [0.2, 0.25) is 0 Å². The molecule has 0 atom stereocenters. The van der Waals surface area contributed by atoms with E-state index in [4.69, 9.17) is 0 Å². The molecule has 0 aromatic carbocycles. The van der Waals surface area contributed by atoms with Crippen LogP contribution >= 0.6 is 0 Å². The number of hydrogen-bond acceptors (Lipinski definition) is 3. The Balaban J connectivity index is 0. The van der Waals surface area contributed by atoms with Gasteiger partial charge in [0.15, 0.2) is 0 Å². The molecule has 4 heteroatoms. The molecule has 0 aliphatic heterocycles. The largest absolute Gasteiger partial charge is 1.00 e. The third-order valence-electron chi connectivity index (χ3n) is 0.466. The van der Waals surface area contributed by atoms with Gasteiger partial charge >= 0.3 is 68.9 Å². The molecule has 0 aliphatic rings. The van der Waals surface area contributed by atoms with Gasteiger partial charge in [0.25, 0.3) is 0 Å². The first-order valence-electron chi connectivity index (χ1n) is 1.91. The van der Waals surface area contributed by atoms with E-state index in [1.165, 1.54) is 0 Å². The van der Waals surface area contributed by atoms with E-state index >= 15 is 0 Å². The van der Waals surface area contributed by atoms with E-state index in [9.17, 15) is 14.7 Å². The Morgan fingerprint density at radius 2 is 2.12 bits per heavy atom. The summed E-state index contributed by atoms with van der Waals surface area (Å²) in [4.78, 5) is 18.9. The average Bonchev–Trinajstić information content (AvgIpc) is 1.61. The van der Waals surface area contributed by atoms with Crippen LogP contribution in [0.15, 0.2) is 0 Å². The van der Waals surface area contributed by atoms with Gasteiger partial charge in [-0.25, -0.2) is 0 Å². The van der Waals surface area contributed by atoms with E-state index in [0.717, 1.165) is 0 Å². The van der Waals surface area contributed by atoms with Crippen molar-refractivity contribution in [3.8, 4) is 0 Å². The summed E-state index contributed by atoms with van der Waals surface area (Å²) >= 11 is 0. The first kappa shape index (κ1) is 11.9. The Bertz CT molecular complexity index is 81.4. The molecule has 0 fully saturated rings. The van der Waals surface area contributed by atoms with Gasteiger partial charge in [-0.1, -0.05) is 0 Å². The second-order valence-corrected chi connectivity index (χ2v) is 1.08. The predicted molar refractivity (Wildman–Crippen MR) is 20.3 cm³/mol. The second kappa shape index (κ2) is 8.19. The molecule has 0 saturated heterocycles. The molecule has 0 saturated carbocycles. The molecule has 0 unspecified atom stereocenters. The molecule has 0 amide bonds. The fourth-order valence-electron chi connectivity index (χ4n) is 0.177. The van der Waals surface area contributed by atoms with Gasteiger partial charge in [-0.05, 0) is 6.42 Å². The van der Waals surface area contributed by atoms with Crippen LogP contribution in [0.25, 0.3) is 0 Å². The van der Waals surface area contributed by atoms with Gasteiger partial charge < -0.3 is 14.7 Å². The SMILES string of the molecule is O=CCCC(=O)[O-].[Cs+]. The molecule has 0 aromatic rings. The molecule has 0 radical (unpaired) electrons. The van der Waals surface area contributed by atoms with Gasteiger partial charge in [-0.15, -0.1) is 0 Å². The molecule has 0 bridgehead atoms. The van der Waals surface area contributed by atoms with Crippen molar-refractivity contribution in [2.24, 2.45) is 0 Å². The van der Waals surface area contributed by atoms with Crippen LogP contribution in [-0.2, 0) is 9.59 Å². The average molecular weight is 234 g/mol. The van der Waals surface area contributed by atoms with Crippen molar-refractivity contribution in [3.63, 3.8) is 0 Å². The number of carboxylic acid groups (broad SMARTS) is 1. The molecule has 0 heterocycles. The molecule has 0 N–H and O–H groups in total. The topological polar surface area (TPSA) is 57.2 Å². The minimum atomic E-state index is -1.17. The van der Waals surface area contributed by atoms with Crippen molar-refractivity contribution in [1.29, 1.82) is 0 Å². The summed E-state index contributed by atoms with van der Waals surface area (Å²) in [6.07, 6.45) is 0.446. The quantitative estimate of drug-likeness (QED) is 0.464. The number of carbonyl (C=O) groups is 2. The third kappa shape index (κ3) is 10.2. The van der Waals surface area contributed by atoms with Gasteiger partial charge in [0.2, 0.25) is 0 Å². The first-order chi connectivity index (χ1) is 3.27. The standard InChI is InChI=1S/C4H6O3.Cs/c5-3-1-2-4(6)7;/h3H,1-2H2,(H,6,7);/q;+1/p-1. The van der Waals surface area contributed by atoms with Crippen LogP contribution < -0.4 is 74.0 Å². The Hall–Kier alpha value is 1.19. The van der Waals surface area contributed by atoms with Crippen molar-refractivity contribution in [2.75, 3.05) is 0 Å². The van der Waals surface area contributed by atoms with Crippen LogP contribution in [0.1, 0.15) is 12.8 Å². The van der Waals surface area contributed by atoms with Gasteiger partial charge in [0.05, 0.1) is 0 Å². The maximum atomic E-state index is 9.49. The fraction of sp³-hybridized carbons (Fsp3) is 0.500. The van der Waals surface area contributed by atoms with Crippen LogP contribution in [0.5, 0.6) is 0 Å². The summed E-state index contributed by atoms with van der Waals surface area (Å²) in [5.74, 6) is -1.17. The molecule has 8 heavy (non-hydrogen) atoms. The molecule has 0 aromatic heterocycles. The van der Waals surface area contributed by atoms with Crippen molar-refractivity contribution < 1.29 is 83.6 Å². The minimum Gasteiger partial charge on any atom is -0.550 e. The van der Waals surface area contributed by atoms with Crippen molar-refractivity contribution in [2.45, 2.75) is 12.8 Å². The number of aliphatic carboxylic acids is 1. The van der Waals surface area contributed by atoms with Gasteiger partial charge in [0.1, 0.15) is 6.29 Å². The van der Waals surface area contributed by atoms with Crippen molar-refractivity contribution in [3.05, 3.63) is 0 Å². The molecule has 40 valence electrons. The number of hydrogen-bond donors (Lipinski definition) is 0. The smallest absolute Gasteiger partial charge is 0.550 e. The van der Waals surface area contributed by atoms with Gasteiger partial charge in [-0.3, -0.25) is 0 Å². The summed E-state index contributed by atoms with van der Waals surface area (Å²) in [6.45, 7) is 0. The summed E-state index contributed by atoms with van der Waals surface area (Å²) in [5.41, 5.74) is 0. The summed E-state index contributed by atoms with van der Waals surface area (Å²) in [5, 5.41) is 9.49. The third-order valence-corrected chi connectivity index (χ3v) is 0.466. The normalized spacial score (nSPS) is 7.00. The molecule has 0 aliphatic carbocycles. The zero-order chi connectivity index (χ0) is 5.70. The Morgan fingerprint density at radius 1 is 1.62 bits per heavy atom. The van der Waals surface area contributed by atoms with Crippen LogP contribution in [0.3, 0.4) is 0 Å². The van der Waals surface area contributed by atoms with Crippen molar-refractivity contribution in [1.82, 2.24) is 0 Å². The predicted octanol–water partition coefficient (Wildman–Crippen LogP) is -4.28. The van der Waals surface area contributed by atoms with Gasteiger partial charge in [-0.2, -0.15) is 0 Å². The van der Waals surface area contributed by atoms with E-state index in [1.54, 1.807) is 0 Å². The zero-order valence-corrected chi connectivity index (χ0v) is 11.0. The maximum absolute atomic E-state index is 9.49. The second-order valence-electron chi connectivity index (χ2n) is 1.08. The molecular weight excluding hydrogens is 229 g/mol. The Labute approximate surface area is 106 Å². The van der Waals surface area contributed by atoms with E-state index in [1.807, 2.05) is 0 Å². The summed E-state index contributed by atoms with van der Waals surface area (Å²) < 4.78 is 0. The van der Waals surface area contributed by atoms with E-state index < -0.39 is 5.97 Å². The number of rotatable bonds is 3. The monoisotopic (exact) mass is 234 g/mol. The van der Waals surface area contributed by atoms with Crippen LogP contribution in [-0.4, -0.2) is 12.3 Å². The van der Waals surface area contributed by atoms with Crippen LogP contribution in [0.4, 0.5) is 0 Å². The molecule has 0 spiro atoms. The Kier molecular flexibility index (Phi) is 12.2. The number of aldehydes is 1. The van der Waals surface area contributed by atoms with E-state index in [-0.39, 0.29) is 81.7 Å². The molecule has 0 rings (SSSR count). The summed E-state index contributed by atoms with van der Waals surface area (Å²) in [7, 11) is 0. The Morgan fingerprint density at radius 3 is 2.25 bits per heavy atom. The van der Waals surface area contributed by atoms with E-state index in [0.29, 0.717) is 6.29 Å². The molecule has 3 nitrogen and oxygen atoms in total. The molecular formula is C4H5CsO3. The first-order valence-corrected chi connectivity index (χ1v) is 1.91. The van der Waals surface area contributed by atoms with E-state index in [2.05, 4.69) is 0 Å². The number of carbonyl (C=O) groups excluding carboxylic acids is 2. The minimum absolute atomic E-state index is 0.